The van der Waals surface area contributed by atoms with Gasteiger partial charge in [-0.3, -0.25) is 5.10 Å². The smallest absolute Gasteiger partial charge is 0.160 e. The van der Waals surface area contributed by atoms with Crippen LogP contribution in [0.25, 0.3) is 11.0 Å². The molecule has 0 amide bonds. The first-order valence-corrected chi connectivity index (χ1v) is 6.28. The third-order valence-corrected chi connectivity index (χ3v) is 3.73. The summed E-state index contributed by atoms with van der Waals surface area (Å²) in [5, 5.41) is 11.0. The first-order chi connectivity index (χ1) is 7.62. The molecule has 0 saturated heterocycles. The van der Waals surface area contributed by atoms with Crippen molar-refractivity contribution in [1.82, 2.24) is 20.2 Å². The highest BCUT2D eigenvalue weighted by Crippen LogP contribution is 2.23. The predicted molar refractivity (Wildman–Crippen MR) is 67.8 cm³/mol. The van der Waals surface area contributed by atoms with E-state index >= 15 is 0 Å². The standard InChI is InChI=1S/C10H15N5S/c1-10(2,16-3)5-11-8-7-4-14-15-9(7)13-6-12-8/h4,6H,5H2,1-3H3,(H2,11,12,13,14,15). The molecule has 2 heterocycles. The lowest BCUT2D eigenvalue weighted by Crippen LogP contribution is -2.26. The minimum absolute atomic E-state index is 0.182. The minimum atomic E-state index is 0.182. The van der Waals surface area contributed by atoms with Crippen molar-refractivity contribution >= 4 is 28.6 Å². The second-order valence-corrected chi connectivity index (χ2v) is 5.69. The largest absolute Gasteiger partial charge is 0.368 e. The minimum Gasteiger partial charge on any atom is -0.368 e. The molecule has 2 aromatic heterocycles. The van der Waals surface area contributed by atoms with Crippen LogP contribution in [0.15, 0.2) is 12.5 Å². The van der Waals surface area contributed by atoms with Gasteiger partial charge in [0.05, 0.1) is 11.6 Å². The molecule has 0 aliphatic carbocycles. The Bertz CT molecular complexity index is 479. The molecule has 0 bridgehead atoms. The molecule has 16 heavy (non-hydrogen) atoms. The Morgan fingerprint density at radius 2 is 2.25 bits per heavy atom. The monoisotopic (exact) mass is 237 g/mol. The van der Waals surface area contributed by atoms with E-state index in [9.17, 15) is 0 Å². The lowest BCUT2D eigenvalue weighted by Gasteiger charge is -2.22. The molecule has 0 radical (unpaired) electrons. The molecule has 6 heteroatoms. The summed E-state index contributed by atoms with van der Waals surface area (Å²) in [6.07, 6.45) is 5.38. The Labute approximate surface area is 98.4 Å². The molecule has 2 N–H and O–H groups in total. The van der Waals surface area contributed by atoms with E-state index in [0.717, 1.165) is 23.4 Å². The van der Waals surface area contributed by atoms with E-state index in [4.69, 9.17) is 0 Å². The first kappa shape index (κ1) is 11.2. The normalized spacial score (nSPS) is 11.9. The quantitative estimate of drug-likeness (QED) is 0.850. The summed E-state index contributed by atoms with van der Waals surface area (Å²) in [7, 11) is 0. The molecular formula is C10H15N5S. The van der Waals surface area contributed by atoms with Gasteiger partial charge in [0.15, 0.2) is 5.65 Å². The fourth-order valence-electron chi connectivity index (χ4n) is 1.27. The van der Waals surface area contributed by atoms with Crippen LogP contribution in [0.2, 0.25) is 0 Å². The molecular weight excluding hydrogens is 222 g/mol. The van der Waals surface area contributed by atoms with Gasteiger partial charge in [-0.25, -0.2) is 9.97 Å². The van der Waals surface area contributed by atoms with Gasteiger partial charge in [-0.05, 0) is 20.1 Å². The van der Waals surface area contributed by atoms with Gasteiger partial charge in [0, 0.05) is 11.3 Å². The summed E-state index contributed by atoms with van der Waals surface area (Å²) >= 11 is 1.82. The average Bonchev–Trinajstić information content (AvgIpc) is 2.75. The lowest BCUT2D eigenvalue weighted by molar-refractivity contribution is 0.750. The van der Waals surface area contributed by atoms with Gasteiger partial charge in [-0.1, -0.05) is 0 Å². The van der Waals surface area contributed by atoms with Gasteiger partial charge in [-0.15, -0.1) is 0 Å². The van der Waals surface area contributed by atoms with Crippen molar-refractivity contribution in [3.8, 4) is 0 Å². The third-order valence-electron chi connectivity index (χ3n) is 2.48. The SMILES string of the molecule is CSC(C)(C)CNc1ncnc2[nH]ncc12. The second-order valence-electron chi connectivity index (χ2n) is 4.17. The zero-order valence-corrected chi connectivity index (χ0v) is 10.4. The summed E-state index contributed by atoms with van der Waals surface area (Å²) in [4.78, 5) is 8.32. The van der Waals surface area contributed by atoms with Crippen molar-refractivity contribution < 1.29 is 0 Å². The number of aromatic amines is 1. The van der Waals surface area contributed by atoms with Crippen molar-refractivity contribution in [2.24, 2.45) is 0 Å². The van der Waals surface area contributed by atoms with Crippen LogP contribution < -0.4 is 5.32 Å². The van der Waals surface area contributed by atoms with Crippen LogP contribution in [-0.4, -0.2) is 37.7 Å². The Balaban J connectivity index is 2.18. The van der Waals surface area contributed by atoms with E-state index in [1.807, 2.05) is 11.8 Å². The van der Waals surface area contributed by atoms with E-state index < -0.39 is 0 Å². The van der Waals surface area contributed by atoms with Crippen LogP contribution in [0, 0.1) is 0 Å². The lowest BCUT2D eigenvalue weighted by atomic mass is 10.2. The number of rotatable bonds is 4. The molecule has 0 fully saturated rings. The molecule has 0 unspecified atom stereocenters. The molecule has 0 aliphatic rings. The highest BCUT2D eigenvalue weighted by Gasteiger charge is 2.16. The maximum atomic E-state index is 4.22. The zero-order chi connectivity index (χ0) is 11.6. The van der Waals surface area contributed by atoms with Gasteiger partial charge in [0.2, 0.25) is 0 Å². The number of H-pyrrole nitrogens is 1. The van der Waals surface area contributed by atoms with E-state index in [1.54, 1.807) is 6.20 Å². The van der Waals surface area contributed by atoms with Crippen molar-refractivity contribution in [2.45, 2.75) is 18.6 Å². The first-order valence-electron chi connectivity index (χ1n) is 5.05. The van der Waals surface area contributed by atoms with E-state index in [2.05, 4.69) is 45.6 Å². The molecule has 86 valence electrons. The van der Waals surface area contributed by atoms with E-state index in [-0.39, 0.29) is 4.75 Å². The number of thioether (sulfide) groups is 1. The Kier molecular flexibility index (Phi) is 3.00. The highest BCUT2D eigenvalue weighted by molar-refractivity contribution is 7.99. The number of aromatic nitrogens is 4. The van der Waals surface area contributed by atoms with Crippen molar-refractivity contribution in [3.63, 3.8) is 0 Å². The molecule has 0 saturated carbocycles. The molecule has 5 nitrogen and oxygen atoms in total. The molecule has 0 atom stereocenters. The van der Waals surface area contributed by atoms with Crippen LogP contribution in [0.1, 0.15) is 13.8 Å². The number of nitrogens with one attached hydrogen (secondary N) is 2. The molecule has 0 aliphatic heterocycles. The Morgan fingerprint density at radius 1 is 1.44 bits per heavy atom. The molecule has 0 aromatic carbocycles. The van der Waals surface area contributed by atoms with E-state index in [0.29, 0.717) is 0 Å². The summed E-state index contributed by atoms with van der Waals surface area (Å²) in [5.74, 6) is 0.834. The number of anilines is 1. The number of hydrogen-bond donors (Lipinski definition) is 2. The summed E-state index contributed by atoms with van der Waals surface area (Å²) in [6.45, 7) is 5.24. The van der Waals surface area contributed by atoms with Crippen LogP contribution in [-0.2, 0) is 0 Å². The van der Waals surface area contributed by atoms with Gasteiger partial charge in [0.1, 0.15) is 12.1 Å². The van der Waals surface area contributed by atoms with Crippen LogP contribution >= 0.6 is 11.8 Å². The zero-order valence-electron chi connectivity index (χ0n) is 9.61. The van der Waals surface area contributed by atoms with Crippen LogP contribution in [0.5, 0.6) is 0 Å². The van der Waals surface area contributed by atoms with E-state index in [1.165, 1.54) is 6.33 Å². The second kappa shape index (κ2) is 4.29. The Morgan fingerprint density at radius 3 is 3.00 bits per heavy atom. The van der Waals surface area contributed by atoms with Gasteiger partial charge in [-0.2, -0.15) is 16.9 Å². The predicted octanol–water partition coefficient (Wildman–Crippen LogP) is 1.91. The maximum absolute atomic E-state index is 4.22. The number of nitrogens with zero attached hydrogens (tertiary/aromatic N) is 3. The number of fused-ring (bicyclic) bond motifs is 1. The fraction of sp³-hybridized carbons (Fsp3) is 0.500. The van der Waals surface area contributed by atoms with Crippen molar-refractivity contribution in [1.29, 1.82) is 0 Å². The van der Waals surface area contributed by atoms with Gasteiger partial charge >= 0.3 is 0 Å². The van der Waals surface area contributed by atoms with Crippen molar-refractivity contribution in [2.75, 3.05) is 18.1 Å². The summed E-state index contributed by atoms with van der Waals surface area (Å²) in [5.41, 5.74) is 0.763. The van der Waals surface area contributed by atoms with Crippen LogP contribution in [0.3, 0.4) is 0 Å². The average molecular weight is 237 g/mol. The number of hydrogen-bond acceptors (Lipinski definition) is 5. The Hall–Kier alpha value is -1.30. The topological polar surface area (TPSA) is 66.5 Å². The fourth-order valence-corrected chi connectivity index (χ4v) is 1.49. The third kappa shape index (κ3) is 2.27. The highest BCUT2D eigenvalue weighted by atomic mass is 32.2. The molecule has 2 rings (SSSR count). The maximum Gasteiger partial charge on any atom is 0.160 e. The van der Waals surface area contributed by atoms with Crippen molar-refractivity contribution in [3.05, 3.63) is 12.5 Å². The van der Waals surface area contributed by atoms with Crippen LogP contribution in [0.4, 0.5) is 5.82 Å². The molecule has 2 aromatic rings. The van der Waals surface area contributed by atoms with Gasteiger partial charge in [0.25, 0.3) is 0 Å². The summed E-state index contributed by atoms with van der Waals surface area (Å²) < 4.78 is 0.182. The summed E-state index contributed by atoms with van der Waals surface area (Å²) in [6, 6.07) is 0. The van der Waals surface area contributed by atoms with Gasteiger partial charge < -0.3 is 5.32 Å². The molecule has 0 spiro atoms.